The first-order chi connectivity index (χ1) is 4.87. The molecule has 58 valence electrons. The van der Waals surface area contributed by atoms with Crippen LogP contribution in [0.15, 0.2) is 0 Å². The highest BCUT2D eigenvalue weighted by Gasteiger charge is 2.55. The maximum Gasteiger partial charge on any atom is 0.0990 e. The summed E-state index contributed by atoms with van der Waals surface area (Å²) in [4.78, 5) is 4.35. The third kappa shape index (κ3) is 0.867. The highest BCUT2D eigenvalue weighted by Crippen LogP contribution is 2.57. The van der Waals surface area contributed by atoms with Gasteiger partial charge in [0, 0.05) is 5.41 Å². The van der Waals surface area contributed by atoms with E-state index in [0.717, 1.165) is 6.42 Å². The molecule has 0 bridgehead atoms. The van der Waals surface area contributed by atoms with Gasteiger partial charge in [0.2, 0.25) is 0 Å². The van der Waals surface area contributed by atoms with Crippen molar-refractivity contribution in [3.8, 4) is 0 Å². The average Bonchev–Trinajstić information content (AvgIpc) is 2.65. The van der Waals surface area contributed by atoms with Gasteiger partial charge in [0.15, 0.2) is 0 Å². The molecule has 0 aliphatic heterocycles. The van der Waals surface area contributed by atoms with Crippen molar-refractivity contribution in [2.45, 2.75) is 44.6 Å². The monoisotopic (exact) mass is 142 g/mol. The fourth-order valence-electron chi connectivity index (χ4n) is 2.24. The summed E-state index contributed by atoms with van der Waals surface area (Å²) in [6.07, 6.45) is 7.88. The van der Waals surface area contributed by atoms with Gasteiger partial charge in [-0.1, -0.05) is 19.3 Å². The van der Waals surface area contributed by atoms with Crippen molar-refractivity contribution in [2.24, 2.45) is 5.41 Å². The van der Waals surface area contributed by atoms with Gasteiger partial charge >= 0.3 is 0 Å². The van der Waals surface area contributed by atoms with Crippen molar-refractivity contribution in [3.63, 3.8) is 0 Å². The summed E-state index contributed by atoms with van der Waals surface area (Å²) in [6, 6.07) is 0. The maximum absolute atomic E-state index is 8.42. The quantitative estimate of drug-likeness (QED) is 0.449. The average molecular weight is 142 g/mol. The number of hydrogen-bond acceptors (Lipinski definition) is 2. The van der Waals surface area contributed by atoms with Crippen molar-refractivity contribution in [1.82, 2.24) is 0 Å². The van der Waals surface area contributed by atoms with Crippen molar-refractivity contribution in [1.29, 1.82) is 0 Å². The van der Waals surface area contributed by atoms with E-state index in [1.54, 1.807) is 0 Å². The van der Waals surface area contributed by atoms with Crippen LogP contribution in [0.25, 0.3) is 0 Å². The van der Waals surface area contributed by atoms with Crippen LogP contribution in [0, 0.1) is 5.41 Å². The SMILES string of the molecule is OOC1CC12CCCCC2. The Hall–Kier alpha value is -0.0800. The third-order valence-electron chi connectivity index (χ3n) is 3.09. The Morgan fingerprint density at radius 1 is 1.20 bits per heavy atom. The minimum Gasteiger partial charge on any atom is -0.252 e. The fraction of sp³-hybridized carbons (Fsp3) is 1.00. The number of rotatable bonds is 1. The fourth-order valence-corrected chi connectivity index (χ4v) is 2.24. The van der Waals surface area contributed by atoms with Gasteiger partial charge in [0.25, 0.3) is 0 Å². The summed E-state index contributed by atoms with van der Waals surface area (Å²) in [6.45, 7) is 0. The molecule has 0 aromatic heterocycles. The summed E-state index contributed by atoms with van der Waals surface area (Å²) in [5, 5.41) is 8.42. The van der Waals surface area contributed by atoms with Crippen LogP contribution in [0.3, 0.4) is 0 Å². The lowest BCUT2D eigenvalue weighted by atomic mass is 9.86. The van der Waals surface area contributed by atoms with Crippen LogP contribution < -0.4 is 0 Å². The molecular weight excluding hydrogens is 128 g/mol. The van der Waals surface area contributed by atoms with Crippen molar-refractivity contribution >= 4 is 0 Å². The Bertz CT molecular complexity index is 127. The Balaban J connectivity index is 1.92. The largest absolute Gasteiger partial charge is 0.252 e. The molecule has 0 radical (unpaired) electrons. The van der Waals surface area contributed by atoms with Crippen molar-refractivity contribution < 1.29 is 10.1 Å². The molecule has 1 atom stereocenters. The van der Waals surface area contributed by atoms with Gasteiger partial charge in [-0.25, -0.2) is 4.89 Å². The first-order valence-electron chi connectivity index (χ1n) is 4.18. The van der Waals surface area contributed by atoms with Gasteiger partial charge in [-0.2, -0.15) is 0 Å². The molecule has 0 amide bonds. The van der Waals surface area contributed by atoms with E-state index >= 15 is 0 Å². The molecule has 1 N–H and O–H groups in total. The van der Waals surface area contributed by atoms with Crippen LogP contribution in [-0.2, 0) is 4.89 Å². The molecule has 1 spiro atoms. The molecule has 0 heterocycles. The lowest BCUT2D eigenvalue weighted by molar-refractivity contribution is -0.261. The van der Waals surface area contributed by atoms with E-state index in [-0.39, 0.29) is 6.10 Å². The molecule has 0 saturated heterocycles. The molecule has 1 unspecified atom stereocenters. The third-order valence-corrected chi connectivity index (χ3v) is 3.09. The van der Waals surface area contributed by atoms with Crippen LogP contribution in [0.4, 0.5) is 0 Å². The first kappa shape index (κ1) is 6.62. The second-order valence-electron chi connectivity index (χ2n) is 3.72. The standard InChI is InChI=1S/C8H14O2/c9-10-7-6-8(7)4-2-1-3-5-8/h7,9H,1-6H2. The summed E-state index contributed by atoms with van der Waals surface area (Å²) in [5.41, 5.74) is 0.424. The van der Waals surface area contributed by atoms with Gasteiger partial charge < -0.3 is 0 Å². The lowest BCUT2D eigenvalue weighted by Gasteiger charge is -2.20. The zero-order valence-electron chi connectivity index (χ0n) is 6.18. The topological polar surface area (TPSA) is 29.5 Å². The number of hydrogen-bond donors (Lipinski definition) is 1. The molecule has 10 heavy (non-hydrogen) atoms. The normalized spacial score (nSPS) is 36.3. The van der Waals surface area contributed by atoms with E-state index in [9.17, 15) is 0 Å². The minimum atomic E-state index is 0.188. The molecule has 2 nitrogen and oxygen atoms in total. The molecule has 2 aliphatic carbocycles. The smallest absolute Gasteiger partial charge is 0.0990 e. The molecular formula is C8H14O2. The summed E-state index contributed by atoms with van der Waals surface area (Å²) < 4.78 is 0. The molecule has 2 heteroatoms. The zero-order valence-corrected chi connectivity index (χ0v) is 6.18. The van der Waals surface area contributed by atoms with E-state index in [1.807, 2.05) is 0 Å². The Labute approximate surface area is 61.1 Å². The molecule has 0 aromatic rings. The van der Waals surface area contributed by atoms with E-state index in [0.29, 0.717) is 5.41 Å². The van der Waals surface area contributed by atoms with Gasteiger partial charge in [0.05, 0.1) is 6.10 Å². The predicted octanol–water partition coefficient (Wildman–Crippen LogP) is 2.20. The zero-order chi connectivity index (χ0) is 7.03. The van der Waals surface area contributed by atoms with E-state index < -0.39 is 0 Å². The summed E-state index contributed by atoms with van der Waals surface area (Å²) in [5.74, 6) is 0. The minimum absolute atomic E-state index is 0.188. The maximum atomic E-state index is 8.42. The van der Waals surface area contributed by atoms with Crippen LogP contribution in [0.2, 0.25) is 0 Å². The second-order valence-corrected chi connectivity index (χ2v) is 3.72. The van der Waals surface area contributed by atoms with Crippen LogP contribution in [0.1, 0.15) is 38.5 Å². The van der Waals surface area contributed by atoms with E-state index in [4.69, 9.17) is 5.26 Å². The van der Waals surface area contributed by atoms with E-state index in [2.05, 4.69) is 4.89 Å². The highest BCUT2D eigenvalue weighted by molar-refractivity contribution is 5.04. The molecule has 2 fully saturated rings. The lowest BCUT2D eigenvalue weighted by Crippen LogP contribution is -2.12. The van der Waals surface area contributed by atoms with Crippen LogP contribution in [0.5, 0.6) is 0 Å². The molecule has 2 aliphatic rings. The Kier molecular flexibility index (Phi) is 1.46. The van der Waals surface area contributed by atoms with Gasteiger partial charge in [-0.3, -0.25) is 5.26 Å². The van der Waals surface area contributed by atoms with Crippen molar-refractivity contribution in [2.75, 3.05) is 0 Å². The van der Waals surface area contributed by atoms with E-state index in [1.165, 1.54) is 32.1 Å². The highest BCUT2D eigenvalue weighted by atomic mass is 17.1. The Morgan fingerprint density at radius 2 is 1.90 bits per heavy atom. The molecule has 2 rings (SSSR count). The summed E-state index contributed by atoms with van der Waals surface area (Å²) in [7, 11) is 0. The van der Waals surface area contributed by atoms with Crippen LogP contribution in [-0.4, -0.2) is 11.4 Å². The van der Waals surface area contributed by atoms with Crippen molar-refractivity contribution in [3.05, 3.63) is 0 Å². The second kappa shape index (κ2) is 2.21. The first-order valence-corrected chi connectivity index (χ1v) is 4.18. The van der Waals surface area contributed by atoms with Gasteiger partial charge in [0.1, 0.15) is 0 Å². The van der Waals surface area contributed by atoms with Crippen LogP contribution >= 0.6 is 0 Å². The van der Waals surface area contributed by atoms with Gasteiger partial charge in [-0.15, -0.1) is 0 Å². The predicted molar refractivity (Wildman–Crippen MR) is 37.6 cm³/mol. The Morgan fingerprint density at radius 3 is 2.40 bits per heavy atom. The molecule has 2 saturated carbocycles. The summed E-state index contributed by atoms with van der Waals surface area (Å²) >= 11 is 0. The van der Waals surface area contributed by atoms with Gasteiger partial charge in [-0.05, 0) is 19.3 Å². The molecule has 0 aromatic carbocycles.